The quantitative estimate of drug-likeness (QED) is 0.392. The molecular weight excluding hydrogens is 194 g/mol. The van der Waals surface area contributed by atoms with Crippen LogP contribution in [0.15, 0.2) is 12.6 Å². The van der Waals surface area contributed by atoms with Crippen molar-refractivity contribution in [3.63, 3.8) is 0 Å². The first-order valence-corrected chi connectivity index (χ1v) is 2.30. The fourth-order valence-electron chi connectivity index (χ4n) is 0.284. The van der Waals surface area contributed by atoms with Crippen LogP contribution >= 0.6 is 0 Å². The maximum atomic E-state index is 11.7. The Bertz CT molecular complexity index is 173. The molecule has 8 heteroatoms. The molecule has 0 N–H and O–H groups in total. The van der Waals surface area contributed by atoms with E-state index in [1.165, 1.54) is 0 Å². The summed E-state index contributed by atoms with van der Waals surface area (Å²) < 4.78 is 72.8. The summed E-state index contributed by atoms with van der Waals surface area (Å²) in [6.07, 6.45) is -10.7. The molecule has 0 atom stereocenters. The van der Waals surface area contributed by atoms with Gasteiger partial charge < -0.3 is 4.74 Å². The van der Waals surface area contributed by atoms with Crippen LogP contribution in [0.2, 0.25) is 0 Å². The summed E-state index contributed by atoms with van der Waals surface area (Å²) in [4.78, 5) is 0. The lowest BCUT2D eigenvalue weighted by Crippen LogP contribution is -2.31. The number of ether oxygens (including phenoxy) is 2. The molecule has 0 amide bonds. The Balaban J connectivity index is 4.13. The minimum absolute atomic E-state index is 2.08. The fraction of sp³-hybridized carbons (Fsp3) is 0.500. The molecule has 0 aromatic rings. The molecule has 0 radical (unpaired) electrons. The van der Waals surface area contributed by atoms with Crippen molar-refractivity contribution < 1.29 is 35.8 Å². The summed E-state index contributed by atoms with van der Waals surface area (Å²) in [5, 5.41) is 0. The van der Waals surface area contributed by atoms with Crippen molar-refractivity contribution in [3.05, 3.63) is 12.6 Å². The zero-order chi connectivity index (χ0) is 9.99. The molecule has 12 heavy (non-hydrogen) atoms. The van der Waals surface area contributed by atoms with Crippen LogP contribution in [0.5, 0.6) is 0 Å². The lowest BCUT2D eigenvalue weighted by Gasteiger charge is -2.16. The number of rotatable bonds is 3. The highest BCUT2D eigenvalue weighted by atomic mass is 19.4. The Morgan fingerprint density at radius 2 is 1.50 bits per heavy atom. The molecule has 0 heterocycles. The first-order valence-electron chi connectivity index (χ1n) is 2.30. The van der Waals surface area contributed by atoms with E-state index in [1.54, 1.807) is 0 Å². The van der Waals surface area contributed by atoms with Crippen LogP contribution in [-0.4, -0.2) is 12.7 Å². The minimum atomic E-state index is -5.61. The third-order valence-electron chi connectivity index (χ3n) is 0.464. The molecule has 72 valence electrons. The molecule has 0 spiro atoms. The molecule has 0 aromatic carbocycles. The fourth-order valence-corrected chi connectivity index (χ4v) is 0.284. The van der Waals surface area contributed by atoms with Crippen molar-refractivity contribution in [2.45, 2.75) is 12.7 Å². The molecule has 0 saturated carbocycles. The van der Waals surface area contributed by atoms with Crippen LogP contribution in [0.1, 0.15) is 0 Å². The largest absolute Gasteiger partial charge is 0.543 e. The van der Waals surface area contributed by atoms with E-state index in [1.807, 2.05) is 0 Å². The molecule has 0 aliphatic rings. The van der Waals surface area contributed by atoms with Gasteiger partial charge in [-0.05, 0) is 6.58 Å². The van der Waals surface area contributed by atoms with Crippen LogP contribution in [0.4, 0.5) is 26.3 Å². The molecule has 0 aliphatic heterocycles. The highest BCUT2D eigenvalue weighted by Crippen LogP contribution is 2.30. The molecule has 0 fully saturated rings. The summed E-state index contributed by atoms with van der Waals surface area (Å²) in [7, 11) is 0. The van der Waals surface area contributed by atoms with Gasteiger partial charge in [0.2, 0.25) is 0 Å². The van der Waals surface area contributed by atoms with Gasteiger partial charge in [0.05, 0.1) is 0 Å². The van der Waals surface area contributed by atoms with E-state index in [0.717, 1.165) is 0 Å². The standard InChI is InChI=1S/C4H2F6O2/c1-2(5)11-4(9,10)12-3(6,7)8/h1H2. The molecule has 0 bridgehead atoms. The third-order valence-corrected chi connectivity index (χ3v) is 0.464. The second-order valence-corrected chi connectivity index (χ2v) is 1.47. The first kappa shape index (κ1) is 11.1. The van der Waals surface area contributed by atoms with Crippen LogP contribution in [0, 0.1) is 0 Å². The number of hydrogen-bond acceptors (Lipinski definition) is 2. The van der Waals surface area contributed by atoms with Crippen molar-refractivity contribution in [2.24, 2.45) is 0 Å². The van der Waals surface area contributed by atoms with Gasteiger partial charge in [-0.15, -0.1) is 22.0 Å². The highest BCUT2D eigenvalue weighted by molar-refractivity contribution is 4.64. The molecule has 0 aromatic heterocycles. The first-order chi connectivity index (χ1) is 5.12. The van der Waals surface area contributed by atoms with Crippen molar-refractivity contribution in [3.8, 4) is 0 Å². The summed E-state index contributed by atoms with van der Waals surface area (Å²) >= 11 is 0. The Morgan fingerprint density at radius 1 is 1.08 bits per heavy atom. The zero-order valence-corrected chi connectivity index (χ0v) is 5.29. The summed E-state index contributed by atoms with van der Waals surface area (Å²) in [6, 6.07) is -2.08. The predicted octanol–water partition coefficient (Wildman–Crippen LogP) is 2.53. The van der Waals surface area contributed by atoms with Crippen molar-refractivity contribution in [2.75, 3.05) is 0 Å². The van der Waals surface area contributed by atoms with E-state index in [2.05, 4.69) is 16.1 Å². The Labute approximate surface area is 62.4 Å². The number of halogens is 6. The Hall–Kier alpha value is -0.920. The summed E-state index contributed by atoms with van der Waals surface area (Å²) in [5.41, 5.74) is 0. The van der Waals surface area contributed by atoms with Gasteiger partial charge in [-0.1, -0.05) is 0 Å². The molecule has 0 rings (SSSR count). The van der Waals surface area contributed by atoms with Crippen molar-refractivity contribution in [1.29, 1.82) is 0 Å². The van der Waals surface area contributed by atoms with Crippen LogP contribution < -0.4 is 0 Å². The Morgan fingerprint density at radius 3 is 1.75 bits per heavy atom. The van der Waals surface area contributed by atoms with E-state index in [4.69, 9.17) is 0 Å². The van der Waals surface area contributed by atoms with Crippen LogP contribution in [-0.2, 0) is 9.47 Å². The summed E-state index contributed by atoms with van der Waals surface area (Å²) in [5.74, 6) is 0. The van der Waals surface area contributed by atoms with Gasteiger partial charge in [-0.3, -0.25) is 0 Å². The normalized spacial score (nSPS) is 12.8. The van der Waals surface area contributed by atoms with Crippen LogP contribution in [0.3, 0.4) is 0 Å². The minimum Gasteiger partial charge on any atom is -0.383 e. The number of hydrogen-bond donors (Lipinski definition) is 0. The lowest BCUT2D eigenvalue weighted by molar-refractivity contribution is -0.491. The van der Waals surface area contributed by atoms with E-state index >= 15 is 0 Å². The molecule has 0 unspecified atom stereocenters. The van der Waals surface area contributed by atoms with Gasteiger partial charge in [0, 0.05) is 0 Å². The second-order valence-electron chi connectivity index (χ2n) is 1.47. The van der Waals surface area contributed by atoms with Gasteiger partial charge in [0.15, 0.2) is 0 Å². The van der Waals surface area contributed by atoms with Gasteiger partial charge in [-0.2, -0.15) is 9.13 Å². The summed E-state index contributed by atoms with van der Waals surface area (Å²) in [6.45, 7) is 2.15. The number of alkyl halides is 5. The second kappa shape index (κ2) is 3.21. The molecular formula is C4H2F6O2. The lowest BCUT2D eigenvalue weighted by atomic mass is 11.0. The van der Waals surface area contributed by atoms with E-state index in [-0.39, 0.29) is 0 Å². The van der Waals surface area contributed by atoms with E-state index < -0.39 is 18.7 Å². The van der Waals surface area contributed by atoms with E-state index in [0.29, 0.717) is 0 Å². The van der Waals surface area contributed by atoms with Gasteiger partial charge in [0.1, 0.15) is 0 Å². The molecule has 0 saturated heterocycles. The van der Waals surface area contributed by atoms with Gasteiger partial charge >= 0.3 is 12.7 Å². The molecule has 0 aliphatic carbocycles. The van der Waals surface area contributed by atoms with Crippen molar-refractivity contribution >= 4 is 0 Å². The molecule has 2 nitrogen and oxygen atoms in total. The average Bonchev–Trinajstić information content (AvgIpc) is 1.48. The SMILES string of the molecule is C=C(F)OC(F)(F)OC(F)(F)F. The topological polar surface area (TPSA) is 18.5 Å². The average molecular weight is 196 g/mol. The zero-order valence-electron chi connectivity index (χ0n) is 5.29. The monoisotopic (exact) mass is 196 g/mol. The maximum Gasteiger partial charge on any atom is 0.543 e. The highest BCUT2D eigenvalue weighted by Gasteiger charge is 2.48. The maximum absolute atomic E-state index is 11.7. The smallest absolute Gasteiger partial charge is 0.383 e. The van der Waals surface area contributed by atoms with Gasteiger partial charge in [-0.25, -0.2) is 0 Å². The van der Waals surface area contributed by atoms with Crippen LogP contribution in [0.25, 0.3) is 0 Å². The van der Waals surface area contributed by atoms with Crippen molar-refractivity contribution in [1.82, 2.24) is 0 Å². The predicted molar refractivity (Wildman–Crippen MR) is 23.4 cm³/mol. The Kier molecular flexibility index (Phi) is 2.97. The van der Waals surface area contributed by atoms with E-state index in [9.17, 15) is 26.3 Å². The van der Waals surface area contributed by atoms with Gasteiger partial charge in [0.25, 0.3) is 6.01 Å². The third kappa shape index (κ3) is 5.83.